The molecule has 14 heavy (non-hydrogen) atoms. The van der Waals surface area contributed by atoms with E-state index in [1.54, 1.807) is 0 Å². The van der Waals surface area contributed by atoms with Crippen molar-refractivity contribution in [1.82, 2.24) is 9.97 Å². The molecule has 0 unspecified atom stereocenters. The van der Waals surface area contributed by atoms with E-state index in [9.17, 15) is 0 Å². The second-order valence-corrected chi connectivity index (χ2v) is 3.86. The fourth-order valence-corrected chi connectivity index (χ4v) is 1.32. The van der Waals surface area contributed by atoms with Gasteiger partial charge in [0.2, 0.25) is 0 Å². The SMILES string of the molecule is CCc1cc(NC)nc(CC(C)C)n1. The fraction of sp³-hybridized carbons (Fsp3) is 0.636. The van der Waals surface area contributed by atoms with Crippen LogP contribution in [0.15, 0.2) is 6.07 Å². The number of hydrogen-bond acceptors (Lipinski definition) is 3. The zero-order valence-corrected chi connectivity index (χ0v) is 9.46. The van der Waals surface area contributed by atoms with Gasteiger partial charge in [0.15, 0.2) is 0 Å². The first-order valence-electron chi connectivity index (χ1n) is 5.20. The highest BCUT2D eigenvalue weighted by molar-refractivity contribution is 5.35. The van der Waals surface area contributed by atoms with Gasteiger partial charge in [0.25, 0.3) is 0 Å². The first-order chi connectivity index (χ1) is 6.65. The van der Waals surface area contributed by atoms with Crippen LogP contribution in [-0.2, 0) is 12.8 Å². The normalized spacial score (nSPS) is 10.6. The number of nitrogens with zero attached hydrogens (tertiary/aromatic N) is 2. The molecule has 0 saturated carbocycles. The lowest BCUT2D eigenvalue weighted by molar-refractivity contribution is 0.618. The van der Waals surface area contributed by atoms with Crippen LogP contribution < -0.4 is 5.32 Å². The number of anilines is 1. The minimum atomic E-state index is 0.604. The van der Waals surface area contributed by atoms with E-state index < -0.39 is 0 Å². The molecule has 0 spiro atoms. The average molecular weight is 193 g/mol. The minimum Gasteiger partial charge on any atom is -0.373 e. The molecule has 0 fully saturated rings. The summed E-state index contributed by atoms with van der Waals surface area (Å²) < 4.78 is 0. The lowest BCUT2D eigenvalue weighted by Gasteiger charge is -2.08. The van der Waals surface area contributed by atoms with Crippen molar-refractivity contribution in [1.29, 1.82) is 0 Å². The molecule has 3 nitrogen and oxygen atoms in total. The number of hydrogen-bond donors (Lipinski definition) is 1. The van der Waals surface area contributed by atoms with E-state index in [1.807, 2.05) is 13.1 Å². The lowest BCUT2D eigenvalue weighted by atomic mass is 10.1. The maximum atomic E-state index is 4.49. The average Bonchev–Trinajstić information content (AvgIpc) is 2.16. The maximum Gasteiger partial charge on any atom is 0.131 e. The summed E-state index contributed by atoms with van der Waals surface area (Å²) in [6.45, 7) is 6.48. The molecule has 78 valence electrons. The van der Waals surface area contributed by atoms with Gasteiger partial charge in [0, 0.05) is 25.2 Å². The second kappa shape index (κ2) is 4.94. The molecule has 0 atom stereocenters. The summed E-state index contributed by atoms with van der Waals surface area (Å²) in [5, 5.41) is 3.06. The van der Waals surface area contributed by atoms with Gasteiger partial charge in [-0.2, -0.15) is 0 Å². The van der Waals surface area contributed by atoms with Crippen molar-refractivity contribution in [3.05, 3.63) is 17.6 Å². The summed E-state index contributed by atoms with van der Waals surface area (Å²) in [4.78, 5) is 8.91. The van der Waals surface area contributed by atoms with Crippen molar-refractivity contribution in [2.24, 2.45) is 5.92 Å². The molecular formula is C11H19N3. The van der Waals surface area contributed by atoms with Crippen LogP contribution in [0.1, 0.15) is 32.3 Å². The van der Waals surface area contributed by atoms with Crippen molar-refractivity contribution in [3.63, 3.8) is 0 Å². The predicted octanol–water partition coefficient (Wildman–Crippen LogP) is 2.28. The summed E-state index contributed by atoms with van der Waals surface area (Å²) in [7, 11) is 1.89. The Labute approximate surface area is 86.0 Å². The van der Waals surface area contributed by atoms with Crippen molar-refractivity contribution in [2.75, 3.05) is 12.4 Å². The Hall–Kier alpha value is -1.12. The Morgan fingerprint density at radius 2 is 2.07 bits per heavy atom. The number of rotatable bonds is 4. The van der Waals surface area contributed by atoms with Gasteiger partial charge >= 0.3 is 0 Å². The first-order valence-corrected chi connectivity index (χ1v) is 5.20. The van der Waals surface area contributed by atoms with Crippen LogP contribution in [0.4, 0.5) is 5.82 Å². The number of nitrogens with one attached hydrogen (secondary N) is 1. The van der Waals surface area contributed by atoms with Crippen molar-refractivity contribution in [2.45, 2.75) is 33.6 Å². The van der Waals surface area contributed by atoms with E-state index in [0.29, 0.717) is 5.92 Å². The van der Waals surface area contributed by atoms with Crippen LogP contribution in [0.3, 0.4) is 0 Å². The molecule has 0 amide bonds. The van der Waals surface area contributed by atoms with Gasteiger partial charge in [-0.1, -0.05) is 20.8 Å². The third-order valence-electron chi connectivity index (χ3n) is 2.03. The topological polar surface area (TPSA) is 37.8 Å². The van der Waals surface area contributed by atoms with E-state index in [1.165, 1.54) is 0 Å². The third-order valence-corrected chi connectivity index (χ3v) is 2.03. The summed E-state index contributed by atoms with van der Waals surface area (Å²) in [5.74, 6) is 2.48. The monoisotopic (exact) mass is 193 g/mol. The van der Waals surface area contributed by atoms with Crippen LogP contribution in [0, 0.1) is 5.92 Å². The molecule has 0 aliphatic rings. The van der Waals surface area contributed by atoms with Gasteiger partial charge in [-0.05, 0) is 12.3 Å². The van der Waals surface area contributed by atoms with Gasteiger partial charge in [-0.15, -0.1) is 0 Å². The standard InChI is InChI=1S/C11H19N3/c1-5-9-7-10(12-4)14-11(13-9)6-8(2)3/h7-8H,5-6H2,1-4H3,(H,12,13,14). The van der Waals surface area contributed by atoms with Crippen LogP contribution in [0.2, 0.25) is 0 Å². The second-order valence-electron chi connectivity index (χ2n) is 3.86. The Kier molecular flexibility index (Phi) is 3.86. The molecule has 1 aromatic rings. The fourth-order valence-electron chi connectivity index (χ4n) is 1.32. The molecule has 1 aromatic heterocycles. The summed E-state index contributed by atoms with van der Waals surface area (Å²) in [6.07, 6.45) is 1.91. The van der Waals surface area contributed by atoms with Gasteiger partial charge in [-0.3, -0.25) is 0 Å². The van der Waals surface area contributed by atoms with Gasteiger partial charge < -0.3 is 5.32 Å². The summed E-state index contributed by atoms with van der Waals surface area (Å²) >= 11 is 0. The molecule has 1 rings (SSSR count). The van der Waals surface area contributed by atoms with E-state index in [2.05, 4.69) is 36.1 Å². The first kappa shape index (κ1) is 11.0. The molecule has 1 N–H and O–H groups in total. The highest BCUT2D eigenvalue weighted by atomic mass is 15.0. The Bertz CT molecular complexity index is 272. The van der Waals surface area contributed by atoms with E-state index in [0.717, 1.165) is 30.2 Å². The molecule has 0 radical (unpaired) electrons. The highest BCUT2D eigenvalue weighted by Gasteiger charge is 2.04. The smallest absolute Gasteiger partial charge is 0.131 e. The Morgan fingerprint density at radius 1 is 1.36 bits per heavy atom. The van der Waals surface area contributed by atoms with Crippen molar-refractivity contribution < 1.29 is 0 Å². The van der Waals surface area contributed by atoms with Crippen LogP contribution in [0.25, 0.3) is 0 Å². The molecular weight excluding hydrogens is 174 g/mol. The predicted molar refractivity (Wildman–Crippen MR) is 59.5 cm³/mol. The lowest BCUT2D eigenvalue weighted by Crippen LogP contribution is -2.06. The van der Waals surface area contributed by atoms with Gasteiger partial charge in [-0.25, -0.2) is 9.97 Å². The van der Waals surface area contributed by atoms with E-state index >= 15 is 0 Å². The molecule has 0 saturated heterocycles. The zero-order valence-electron chi connectivity index (χ0n) is 9.46. The Morgan fingerprint density at radius 3 is 2.57 bits per heavy atom. The molecule has 1 heterocycles. The largest absolute Gasteiger partial charge is 0.373 e. The summed E-state index contributed by atoms with van der Waals surface area (Å²) in [6, 6.07) is 2.00. The maximum absolute atomic E-state index is 4.49. The van der Waals surface area contributed by atoms with Gasteiger partial charge in [0.1, 0.15) is 11.6 Å². The number of aromatic nitrogens is 2. The molecule has 3 heteroatoms. The number of aryl methyl sites for hydroxylation is 1. The molecule has 0 bridgehead atoms. The zero-order chi connectivity index (χ0) is 10.6. The van der Waals surface area contributed by atoms with E-state index in [-0.39, 0.29) is 0 Å². The third kappa shape index (κ3) is 2.98. The minimum absolute atomic E-state index is 0.604. The van der Waals surface area contributed by atoms with Crippen molar-refractivity contribution >= 4 is 5.82 Å². The van der Waals surface area contributed by atoms with Crippen LogP contribution in [0.5, 0.6) is 0 Å². The van der Waals surface area contributed by atoms with Crippen LogP contribution >= 0.6 is 0 Å². The molecule has 0 aromatic carbocycles. The highest BCUT2D eigenvalue weighted by Crippen LogP contribution is 2.10. The Balaban J connectivity index is 2.92. The molecule has 0 aliphatic heterocycles. The molecule has 0 aliphatic carbocycles. The van der Waals surface area contributed by atoms with Crippen LogP contribution in [-0.4, -0.2) is 17.0 Å². The van der Waals surface area contributed by atoms with Crippen molar-refractivity contribution in [3.8, 4) is 0 Å². The summed E-state index contributed by atoms with van der Waals surface area (Å²) in [5.41, 5.74) is 1.11. The van der Waals surface area contributed by atoms with Gasteiger partial charge in [0.05, 0.1) is 0 Å². The van der Waals surface area contributed by atoms with E-state index in [4.69, 9.17) is 0 Å². The quantitative estimate of drug-likeness (QED) is 0.797.